The van der Waals surface area contributed by atoms with E-state index < -0.39 is 0 Å². The molecule has 4 nitrogen and oxygen atoms in total. The first-order valence-electron chi connectivity index (χ1n) is 7.37. The van der Waals surface area contributed by atoms with Crippen LogP contribution in [0, 0.1) is 12.7 Å². The average molecular weight is 388 g/mol. The number of hydrogen-bond donors (Lipinski definition) is 1. The van der Waals surface area contributed by atoms with Gasteiger partial charge in [0.1, 0.15) is 5.82 Å². The van der Waals surface area contributed by atoms with Crippen LogP contribution in [0.25, 0.3) is 0 Å². The highest BCUT2D eigenvalue weighted by Gasteiger charge is 2.12. The van der Waals surface area contributed by atoms with Crippen LogP contribution >= 0.6 is 15.9 Å². The number of rotatable bonds is 4. The molecule has 0 saturated heterocycles. The molecule has 6 heteroatoms. The molecule has 1 heterocycles. The predicted octanol–water partition coefficient (Wildman–Crippen LogP) is 4.39. The summed E-state index contributed by atoms with van der Waals surface area (Å²) in [5.41, 5.74) is 2.52. The maximum atomic E-state index is 12.9. The van der Waals surface area contributed by atoms with Gasteiger partial charge in [-0.1, -0.05) is 29.8 Å². The summed E-state index contributed by atoms with van der Waals surface area (Å²) in [6.45, 7) is 2.42. The van der Waals surface area contributed by atoms with Crippen molar-refractivity contribution in [3.63, 3.8) is 0 Å². The number of hydrogen-bond acceptors (Lipinski definition) is 2. The van der Waals surface area contributed by atoms with E-state index in [-0.39, 0.29) is 11.7 Å². The van der Waals surface area contributed by atoms with Crippen molar-refractivity contribution in [2.45, 2.75) is 13.5 Å². The number of benzene rings is 2. The molecular formula is C18H15BrFN3O. The Morgan fingerprint density at radius 1 is 1.25 bits per heavy atom. The van der Waals surface area contributed by atoms with Crippen LogP contribution in [0.1, 0.15) is 21.5 Å². The molecule has 0 fully saturated rings. The van der Waals surface area contributed by atoms with Crippen LogP contribution in [0.5, 0.6) is 0 Å². The molecule has 2 aromatic carbocycles. The highest BCUT2D eigenvalue weighted by molar-refractivity contribution is 9.10. The van der Waals surface area contributed by atoms with Crippen molar-refractivity contribution in [1.82, 2.24) is 9.78 Å². The van der Waals surface area contributed by atoms with Crippen LogP contribution < -0.4 is 5.32 Å². The number of nitrogens with one attached hydrogen (secondary N) is 1. The lowest BCUT2D eigenvalue weighted by atomic mass is 10.1. The van der Waals surface area contributed by atoms with E-state index in [4.69, 9.17) is 0 Å². The topological polar surface area (TPSA) is 46.9 Å². The third kappa shape index (κ3) is 3.89. The predicted molar refractivity (Wildman–Crippen MR) is 94.6 cm³/mol. The van der Waals surface area contributed by atoms with Gasteiger partial charge in [0.15, 0.2) is 5.82 Å². The van der Waals surface area contributed by atoms with Crippen molar-refractivity contribution >= 4 is 27.7 Å². The summed E-state index contributed by atoms with van der Waals surface area (Å²) in [6.07, 6.45) is 1.77. The van der Waals surface area contributed by atoms with Crippen molar-refractivity contribution < 1.29 is 9.18 Å². The molecule has 0 aliphatic heterocycles. The van der Waals surface area contributed by atoms with E-state index in [9.17, 15) is 9.18 Å². The summed E-state index contributed by atoms with van der Waals surface area (Å²) in [4.78, 5) is 12.3. The van der Waals surface area contributed by atoms with Crippen LogP contribution in [0.2, 0.25) is 0 Å². The summed E-state index contributed by atoms with van der Waals surface area (Å²) >= 11 is 3.40. The molecule has 0 aliphatic rings. The van der Waals surface area contributed by atoms with Gasteiger partial charge in [0, 0.05) is 11.8 Å². The Hall–Kier alpha value is -2.47. The summed E-state index contributed by atoms with van der Waals surface area (Å²) in [5, 5.41) is 7.15. The molecule has 3 rings (SSSR count). The lowest BCUT2D eigenvalue weighted by Gasteiger charge is -2.04. The Morgan fingerprint density at radius 2 is 2.00 bits per heavy atom. The van der Waals surface area contributed by atoms with Gasteiger partial charge in [0.05, 0.1) is 11.0 Å². The van der Waals surface area contributed by atoms with Crippen molar-refractivity contribution in [2.24, 2.45) is 0 Å². The van der Waals surface area contributed by atoms with Crippen molar-refractivity contribution in [3.05, 3.63) is 81.7 Å². The first kappa shape index (κ1) is 16.4. The van der Waals surface area contributed by atoms with Crippen LogP contribution in [-0.2, 0) is 6.54 Å². The largest absolute Gasteiger partial charge is 0.304 e. The molecule has 1 N–H and O–H groups in total. The minimum absolute atomic E-state index is 0.216. The molecule has 0 saturated carbocycles. The third-order valence-corrected chi connectivity index (χ3v) is 4.07. The second kappa shape index (κ2) is 6.97. The molecule has 3 aromatic rings. The molecular weight excluding hydrogens is 373 g/mol. The molecule has 0 spiro atoms. The monoisotopic (exact) mass is 387 g/mol. The number of halogens is 2. The fraction of sp³-hybridized carbons (Fsp3) is 0.111. The number of carbonyl (C=O) groups is 1. The van der Waals surface area contributed by atoms with Crippen molar-refractivity contribution in [2.75, 3.05) is 5.32 Å². The Kier molecular flexibility index (Phi) is 4.76. The smallest absolute Gasteiger partial charge is 0.256 e. The lowest BCUT2D eigenvalue weighted by Crippen LogP contribution is -2.13. The quantitative estimate of drug-likeness (QED) is 0.721. The number of nitrogens with zero attached hydrogens (tertiary/aromatic N) is 2. The van der Waals surface area contributed by atoms with Crippen molar-refractivity contribution in [3.8, 4) is 0 Å². The van der Waals surface area contributed by atoms with Gasteiger partial charge in [-0.3, -0.25) is 9.48 Å². The fourth-order valence-corrected chi connectivity index (χ4v) is 2.72. The van der Waals surface area contributed by atoms with Gasteiger partial charge in [0.2, 0.25) is 0 Å². The second-order valence-corrected chi connectivity index (χ2v) is 6.33. The van der Waals surface area contributed by atoms with E-state index in [1.807, 2.05) is 25.1 Å². The van der Waals surface area contributed by atoms with E-state index >= 15 is 0 Å². The van der Waals surface area contributed by atoms with E-state index in [2.05, 4.69) is 26.3 Å². The normalized spacial score (nSPS) is 10.6. The van der Waals surface area contributed by atoms with E-state index in [1.165, 1.54) is 12.1 Å². The molecule has 0 atom stereocenters. The zero-order valence-electron chi connectivity index (χ0n) is 13.0. The van der Waals surface area contributed by atoms with E-state index in [1.54, 1.807) is 29.1 Å². The molecule has 0 unspecified atom stereocenters. The third-order valence-electron chi connectivity index (χ3n) is 3.49. The molecule has 0 aliphatic carbocycles. The summed E-state index contributed by atoms with van der Waals surface area (Å²) in [5.74, 6) is -0.0402. The Balaban J connectivity index is 1.74. The average Bonchev–Trinajstić information content (AvgIpc) is 2.89. The Bertz CT molecular complexity index is 874. The zero-order chi connectivity index (χ0) is 17.1. The van der Waals surface area contributed by atoms with Crippen molar-refractivity contribution in [1.29, 1.82) is 0 Å². The second-order valence-electron chi connectivity index (χ2n) is 5.47. The number of anilines is 1. The maximum absolute atomic E-state index is 12.9. The van der Waals surface area contributed by atoms with E-state index in [0.717, 1.165) is 11.1 Å². The summed E-state index contributed by atoms with van der Waals surface area (Å²) in [6, 6.07) is 13.6. The van der Waals surface area contributed by atoms with Gasteiger partial charge in [0.25, 0.3) is 5.91 Å². The van der Waals surface area contributed by atoms with Gasteiger partial charge in [-0.05, 0) is 52.7 Å². The highest BCUT2D eigenvalue weighted by Crippen LogP contribution is 2.21. The molecule has 1 amide bonds. The SMILES string of the molecule is Cc1cccc(C(=O)Nc2nn(Cc3ccc(F)cc3)cc2Br)c1. The van der Waals surface area contributed by atoms with Crippen LogP contribution in [0.15, 0.2) is 59.2 Å². The standard InChI is InChI=1S/C18H15BrFN3O/c1-12-3-2-4-14(9-12)18(24)21-17-16(19)11-23(22-17)10-13-5-7-15(20)8-6-13/h2-9,11H,10H2,1H3,(H,21,22,24). The van der Waals surface area contributed by atoms with Gasteiger partial charge >= 0.3 is 0 Å². The number of carbonyl (C=O) groups excluding carboxylic acids is 1. The molecule has 1 aromatic heterocycles. The maximum Gasteiger partial charge on any atom is 0.256 e. The van der Waals surface area contributed by atoms with Crippen LogP contribution in [0.4, 0.5) is 10.2 Å². The number of aromatic nitrogens is 2. The van der Waals surface area contributed by atoms with Gasteiger partial charge in [-0.15, -0.1) is 0 Å². The summed E-state index contributed by atoms with van der Waals surface area (Å²) < 4.78 is 15.3. The van der Waals surface area contributed by atoms with Crippen LogP contribution in [-0.4, -0.2) is 15.7 Å². The molecule has 0 bridgehead atoms. The Labute approximate surface area is 147 Å². The van der Waals surface area contributed by atoms with Crippen LogP contribution in [0.3, 0.4) is 0 Å². The molecule has 122 valence electrons. The minimum atomic E-state index is -0.272. The Morgan fingerprint density at radius 3 is 2.71 bits per heavy atom. The lowest BCUT2D eigenvalue weighted by molar-refractivity contribution is 0.102. The minimum Gasteiger partial charge on any atom is -0.304 e. The fourth-order valence-electron chi connectivity index (χ4n) is 2.31. The highest BCUT2D eigenvalue weighted by atomic mass is 79.9. The summed E-state index contributed by atoms with van der Waals surface area (Å²) in [7, 11) is 0. The number of aryl methyl sites for hydroxylation is 1. The number of amides is 1. The molecule has 0 radical (unpaired) electrons. The van der Waals surface area contributed by atoms with Gasteiger partial charge < -0.3 is 5.32 Å². The first-order valence-corrected chi connectivity index (χ1v) is 8.16. The first-order chi connectivity index (χ1) is 11.5. The molecule has 24 heavy (non-hydrogen) atoms. The van der Waals surface area contributed by atoms with Gasteiger partial charge in [-0.25, -0.2) is 4.39 Å². The zero-order valence-corrected chi connectivity index (χ0v) is 14.5. The van der Waals surface area contributed by atoms with E-state index in [0.29, 0.717) is 22.4 Å². The van der Waals surface area contributed by atoms with Gasteiger partial charge in [-0.2, -0.15) is 5.10 Å².